The van der Waals surface area contributed by atoms with Crippen LogP contribution in [0.2, 0.25) is 5.15 Å². The topological polar surface area (TPSA) is 47.9 Å². The largest absolute Gasteiger partial charge is 1.00 e. The summed E-state index contributed by atoms with van der Waals surface area (Å²) < 4.78 is 8.38. The van der Waals surface area contributed by atoms with Crippen LogP contribution in [0.3, 0.4) is 0 Å². The standard InChI is InChI=1S/C42H38ClN4O.BrH/c1-2-30-28-47(27-29-14-6-3-7-15-29)25-23-33(30)26-37(47)39(35-22-24-44-36-21-13-12-20-34(35)36)48-42-38(31-16-8-4-9-17-31)40(43)45-41(46-42)32-18-10-5-11-19-32;/h2-22,24,30,33,37,39H,1,23,25-28H2;1H/q+1;/p-1/t30-,33-,37+,39-,47+;/m0./s1. The van der Waals surface area contributed by atoms with Gasteiger partial charge in [0.05, 0.1) is 24.2 Å². The number of nitrogens with zero attached hydrogens (tertiary/aromatic N) is 4. The zero-order chi connectivity index (χ0) is 32.5. The van der Waals surface area contributed by atoms with Gasteiger partial charge in [-0.1, -0.05) is 127 Å². The van der Waals surface area contributed by atoms with Gasteiger partial charge in [0.1, 0.15) is 17.7 Å². The summed E-state index contributed by atoms with van der Waals surface area (Å²) in [7, 11) is 0. The molecule has 7 heteroatoms. The third-order valence-electron chi connectivity index (χ3n) is 10.5. The summed E-state index contributed by atoms with van der Waals surface area (Å²) in [6.45, 7) is 7.33. The lowest BCUT2D eigenvalue weighted by Gasteiger charge is -2.58. The summed E-state index contributed by atoms with van der Waals surface area (Å²) in [6.07, 6.45) is 5.98. The number of para-hydroxylation sites is 1. The smallest absolute Gasteiger partial charge is 0.227 e. The van der Waals surface area contributed by atoms with E-state index in [1.807, 2.05) is 72.9 Å². The monoisotopic (exact) mass is 728 g/mol. The van der Waals surface area contributed by atoms with Gasteiger partial charge in [-0.25, -0.2) is 4.98 Å². The molecule has 2 bridgehead atoms. The fourth-order valence-electron chi connectivity index (χ4n) is 8.21. The highest BCUT2D eigenvalue weighted by atomic mass is 79.9. The number of fused-ring (bicyclic) bond motifs is 4. The molecule has 0 spiro atoms. The molecule has 3 fully saturated rings. The molecule has 5 nitrogen and oxygen atoms in total. The second-order valence-corrected chi connectivity index (χ2v) is 13.6. The third-order valence-corrected chi connectivity index (χ3v) is 10.8. The first kappa shape index (κ1) is 33.2. The van der Waals surface area contributed by atoms with Crippen molar-refractivity contribution in [1.82, 2.24) is 15.0 Å². The van der Waals surface area contributed by atoms with E-state index in [0.717, 1.165) is 58.1 Å². The molecule has 0 aliphatic carbocycles. The molecule has 0 N–H and O–H groups in total. The fourth-order valence-corrected chi connectivity index (χ4v) is 8.48. The van der Waals surface area contributed by atoms with Crippen LogP contribution < -0.4 is 21.7 Å². The van der Waals surface area contributed by atoms with Gasteiger partial charge in [0.25, 0.3) is 0 Å². The van der Waals surface area contributed by atoms with Crippen molar-refractivity contribution in [2.75, 3.05) is 13.1 Å². The molecule has 5 heterocycles. The normalized spacial score (nSPS) is 21.9. The van der Waals surface area contributed by atoms with Crippen LogP contribution in [0.5, 0.6) is 5.88 Å². The van der Waals surface area contributed by atoms with Gasteiger partial charge in [-0.15, -0.1) is 6.58 Å². The molecule has 6 aromatic rings. The first-order valence-corrected chi connectivity index (χ1v) is 17.2. The highest BCUT2D eigenvalue weighted by Gasteiger charge is 2.55. The minimum absolute atomic E-state index is 0. The van der Waals surface area contributed by atoms with Gasteiger partial charge >= 0.3 is 0 Å². The summed E-state index contributed by atoms with van der Waals surface area (Å²) in [4.78, 5) is 14.7. The lowest BCUT2D eigenvalue weighted by atomic mass is 9.71. The lowest BCUT2D eigenvalue weighted by Crippen LogP contribution is -3.00. The average Bonchev–Trinajstić information content (AvgIpc) is 3.14. The van der Waals surface area contributed by atoms with Gasteiger partial charge in [-0.2, -0.15) is 4.98 Å². The molecule has 0 amide bonds. The van der Waals surface area contributed by atoms with Crippen molar-refractivity contribution in [3.05, 3.63) is 156 Å². The molecule has 0 radical (unpaired) electrons. The molecule has 9 rings (SSSR count). The number of piperidine rings is 3. The number of quaternary nitrogens is 1. The molecular weight excluding hydrogens is 692 g/mol. The SMILES string of the molecule is C=C[C@H]1C[N@+]2(Cc3ccccc3)CC[C@H]1C[C@@H]2[C@@H](Oc1nc(-c2ccccc2)nc(Cl)c1-c1ccccc1)c1ccnc2ccccc12.[Br-]. The van der Waals surface area contributed by atoms with Crippen molar-refractivity contribution >= 4 is 22.5 Å². The first-order chi connectivity index (χ1) is 23.6. The number of rotatable bonds is 9. The Morgan fingerprint density at radius 3 is 2.24 bits per heavy atom. The predicted octanol–water partition coefficient (Wildman–Crippen LogP) is 6.75. The number of hydrogen-bond acceptors (Lipinski definition) is 4. The minimum Gasteiger partial charge on any atom is -1.00 e. The van der Waals surface area contributed by atoms with Gasteiger partial charge in [-0.3, -0.25) is 4.98 Å². The first-order valence-electron chi connectivity index (χ1n) is 16.8. The van der Waals surface area contributed by atoms with Crippen molar-refractivity contribution in [3.63, 3.8) is 0 Å². The van der Waals surface area contributed by atoms with Crippen molar-refractivity contribution in [3.8, 4) is 28.4 Å². The molecule has 3 aliphatic heterocycles. The van der Waals surface area contributed by atoms with E-state index in [4.69, 9.17) is 31.3 Å². The average molecular weight is 730 g/mol. The van der Waals surface area contributed by atoms with Crippen LogP contribution in [0.25, 0.3) is 33.4 Å². The van der Waals surface area contributed by atoms with Crippen molar-refractivity contribution in [2.45, 2.75) is 31.5 Å². The van der Waals surface area contributed by atoms with Gasteiger partial charge in [0, 0.05) is 47.0 Å². The summed E-state index contributed by atoms with van der Waals surface area (Å²) in [6, 6.07) is 41.7. The van der Waals surface area contributed by atoms with Crippen LogP contribution in [0.15, 0.2) is 140 Å². The van der Waals surface area contributed by atoms with Gasteiger partial charge in [0.2, 0.25) is 5.88 Å². The Morgan fingerprint density at radius 1 is 0.837 bits per heavy atom. The molecule has 0 unspecified atom stereocenters. The van der Waals surface area contributed by atoms with Crippen molar-refractivity contribution in [2.24, 2.45) is 11.8 Å². The molecule has 3 aliphatic rings. The van der Waals surface area contributed by atoms with Crippen molar-refractivity contribution in [1.29, 1.82) is 0 Å². The maximum atomic E-state index is 7.46. The second kappa shape index (κ2) is 14.2. The summed E-state index contributed by atoms with van der Waals surface area (Å²) in [5.74, 6) is 2.04. The molecule has 49 heavy (non-hydrogen) atoms. The quantitative estimate of drug-likeness (QED) is 0.0940. The third kappa shape index (κ3) is 6.41. The molecule has 0 saturated carbocycles. The molecule has 246 valence electrons. The maximum absolute atomic E-state index is 7.46. The Bertz CT molecular complexity index is 2060. The van der Waals surface area contributed by atoms with E-state index in [0.29, 0.717) is 34.3 Å². The number of ether oxygens (including phenoxy) is 1. The summed E-state index contributed by atoms with van der Waals surface area (Å²) in [5, 5.41) is 1.46. The van der Waals surface area contributed by atoms with Crippen LogP contribution in [0.4, 0.5) is 0 Å². The number of aromatic nitrogens is 3. The minimum atomic E-state index is -0.327. The fraction of sp³-hybridized carbons (Fsp3) is 0.214. The molecule has 5 atom stereocenters. The Balaban J connectivity index is 0.00000378. The highest BCUT2D eigenvalue weighted by Crippen LogP contribution is 2.50. The van der Waals surface area contributed by atoms with E-state index in [-0.39, 0.29) is 29.1 Å². The van der Waals surface area contributed by atoms with Crippen molar-refractivity contribution < 1.29 is 26.2 Å². The van der Waals surface area contributed by atoms with Crippen LogP contribution >= 0.6 is 11.6 Å². The number of benzene rings is 4. The zero-order valence-electron chi connectivity index (χ0n) is 27.2. The maximum Gasteiger partial charge on any atom is 0.227 e. The molecule has 4 aromatic carbocycles. The number of hydrogen-bond donors (Lipinski definition) is 0. The van der Waals surface area contributed by atoms with Crippen LogP contribution in [0.1, 0.15) is 30.1 Å². The highest BCUT2D eigenvalue weighted by molar-refractivity contribution is 6.32. The second-order valence-electron chi connectivity index (χ2n) is 13.2. The Hall–Kier alpha value is -4.36. The van der Waals surface area contributed by atoms with Gasteiger partial charge in [0.15, 0.2) is 11.9 Å². The van der Waals surface area contributed by atoms with Crippen LogP contribution in [-0.2, 0) is 6.54 Å². The predicted molar refractivity (Wildman–Crippen MR) is 193 cm³/mol. The van der Waals surface area contributed by atoms with E-state index in [1.54, 1.807) is 0 Å². The Kier molecular flexibility index (Phi) is 9.64. The van der Waals surface area contributed by atoms with Crippen LogP contribution in [-0.4, -0.2) is 38.6 Å². The van der Waals surface area contributed by atoms with E-state index < -0.39 is 0 Å². The number of halogens is 2. The van der Waals surface area contributed by atoms with Gasteiger partial charge < -0.3 is 26.2 Å². The van der Waals surface area contributed by atoms with E-state index in [1.165, 1.54) is 12.0 Å². The van der Waals surface area contributed by atoms with Crippen LogP contribution in [0, 0.1) is 11.8 Å². The summed E-state index contributed by atoms with van der Waals surface area (Å²) >= 11 is 7.11. The van der Waals surface area contributed by atoms with Gasteiger partial charge in [-0.05, 0) is 23.6 Å². The molecule has 2 aromatic heterocycles. The Labute approximate surface area is 303 Å². The molecular formula is C42H38BrClN4O. The summed E-state index contributed by atoms with van der Waals surface area (Å²) in [5.41, 5.74) is 5.92. The lowest BCUT2D eigenvalue weighted by molar-refractivity contribution is -0.984. The van der Waals surface area contributed by atoms with E-state index >= 15 is 0 Å². The van der Waals surface area contributed by atoms with E-state index in [2.05, 4.69) is 67.3 Å². The zero-order valence-corrected chi connectivity index (χ0v) is 29.5. The van der Waals surface area contributed by atoms with E-state index in [9.17, 15) is 0 Å². The molecule has 3 saturated heterocycles. The Morgan fingerprint density at radius 2 is 1.51 bits per heavy atom. The number of pyridine rings is 1.